The van der Waals surface area contributed by atoms with Crippen LogP contribution < -0.4 is 0 Å². The number of phenolic OH excluding ortho intramolecular Hbond substituents is 1. The zero-order chi connectivity index (χ0) is 13.4. The Labute approximate surface area is 118 Å². The molecule has 1 aliphatic heterocycles. The maximum Gasteiger partial charge on any atom is 0.134 e. The van der Waals surface area contributed by atoms with Crippen LogP contribution in [-0.4, -0.2) is 23.6 Å². The van der Waals surface area contributed by atoms with Crippen LogP contribution in [0.5, 0.6) is 5.75 Å². The van der Waals surface area contributed by atoms with Crippen LogP contribution in [0.4, 0.5) is 0 Å². The average molecular weight is 274 g/mol. The number of phenols is 1. The number of likely N-dealkylation sites (N-methyl/N-ethyl adjacent to an activating group) is 1. The van der Waals surface area contributed by atoms with Gasteiger partial charge >= 0.3 is 0 Å². The van der Waals surface area contributed by atoms with E-state index in [1.165, 1.54) is 16.7 Å². The van der Waals surface area contributed by atoms with Gasteiger partial charge in [0.05, 0.1) is 5.02 Å². The summed E-state index contributed by atoms with van der Waals surface area (Å²) >= 11 is 6.02. The van der Waals surface area contributed by atoms with E-state index in [2.05, 4.69) is 36.2 Å². The molecular weight excluding hydrogens is 258 g/mol. The Balaban J connectivity index is 2.12. The van der Waals surface area contributed by atoms with Crippen molar-refractivity contribution in [2.75, 3.05) is 13.6 Å². The maximum absolute atomic E-state index is 9.86. The quantitative estimate of drug-likeness (QED) is 0.858. The van der Waals surface area contributed by atoms with E-state index in [1.807, 2.05) is 18.2 Å². The predicted octanol–water partition coefficient (Wildman–Crippen LogP) is 3.62. The second kappa shape index (κ2) is 4.87. The van der Waals surface area contributed by atoms with Crippen LogP contribution in [-0.2, 0) is 6.54 Å². The molecule has 2 nitrogen and oxygen atoms in total. The highest BCUT2D eigenvalue weighted by Crippen LogP contribution is 2.37. The van der Waals surface area contributed by atoms with Gasteiger partial charge in [0, 0.05) is 19.0 Å². The Morgan fingerprint density at radius 2 is 1.95 bits per heavy atom. The fraction of sp³-hybridized carbons (Fsp3) is 0.250. The number of benzene rings is 2. The third-order valence-electron chi connectivity index (χ3n) is 3.72. The van der Waals surface area contributed by atoms with Crippen molar-refractivity contribution in [3.8, 4) is 5.75 Å². The van der Waals surface area contributed by atoms with E-state index in [0.29, 0.717) is 5.02 Å². The number of fused-ring (bicyclic) bond motifs is 1. The molecule has 0 amide bonds. The number of hydrogen-bond acceptors (Lipinski definition) is 2. The molecule has 0 saturated heterocycles. The number of hydrogen-bond donors (Lipinski definition) is 1. The van der Waals surface area contributed by atoms with Crippen molar-refractivity contribution >= 4 is 11.6 Å². The number of halogens is 1. The number of rotatable bonds is 1. The van der Waals surface area contributed by atoms with Crippen molar-refractivity contribution in [1.29, 1.82) is 0 Å². The van der Waals surface area contributed by atoms with Gasteiger partial charge in [-0.05, 0) is 35.9 Å². The minimum Gasteiger partial charge on any atom is -0.506 e. The van der Waals surface area contributed by atoms with Crippen LogP contribution in [0, 0.1) is 0 Å². The van der Waals surface area contributed by atoms with Gasteiger partial charge in [-0.2, -0.15) is 0 Å². The third-order valence-corrected chi connectivity index (χ3v) is 4.02. The molecule has 1 atom stereocenters. The van der Waals surface area contributed by atoms with E-state index >= 15 is 0 Å². The highest BCUT2D eigenvalue weighted by Gasteiger charge is 2.25. The van der Waals surface area contributed by atoms with E-state index in [9.17, 15) is 5.11 Å². The molecule has 0 fully saturated rings. The smallest absolute Gasteiger partial charge is 0.134 e. The topological polar surface area (TPSA) is 23.5 Å². The van der Waals surface area contributed by atoms with Crippen molar-refractivity contribution in [2.45, 2.75) is 12.5 Å². The normalized spacial score (nSPS) is 19.2. The van der Waals surface area contributed by atoms with Crippen LogP contribution >= 0.6 is 11.6 Å². The zero-order valence-corrected chi connectivity index (χ0v) is 11.6. The van der Waals surface area contributed by atoms with Gasteiger partial charge < -0.3 is 10.0 Å². The van der Waals surface area contributed by atoms with Crippen molar-refractivity contribution < 1.29 is 5.11 Å². The Morgan fingerprint density at radius 1 is 1.21 bits per heavy atom. The molecule has 2 aromatic rings. The number of nitrogens with zero attached hydrogens (tertiary/aromatic N) is 1. The summed E-state index contributed by atoms with van der Waals surface area (Å²) < 4.78 is 0. The molecular formula is C16H16ClNO. The fourth-order valence-corrected chi connectivity index (χ4v) is 3.00. The molecule has 0 aromatic heterocycles. The van der Waals surface area contributed by atoms with Gasteiger partial charge in [-0.1, -0.05) is 41.9 Å². The van der Waals surface area contributed by atoms with Crippen molar-refractivity contribution in [3.63, 3.8) is 0 Å². The van der Waals surface area contributed by atoms with Gasteiger partial charge in [0.25, 0.3) is 0 Å². The fourth-order valence-electron chi connectivity index (χ4n) is 2.82. The van der Waals surface area contributed by atoms with Crippen LogP contribution in [0.15, 0.2) is 42.5 Å². The summed E-state index contributed by atoms with van der Waals surface area (Å²) in [5.41, 5.74) is 3.66. The monoisotopic (exact) mass is 273 g/mol. The summed E-state index contributed by atoms with van der Waals surface area (Å²) in [5, 5.41) is 10.3. The molecule has 2 aromatic carbocycles. The molecule has 19 heavy (non-hydrogen) atoms. The summed E-state index contributed by atoms with van der Waals surface area (Å²) in [6, 6.07) is 14.1. The summed E-state index contributed by atoms with van der Waals surface area (Å²) in [5.74, 6) is 0.462. The largest absolute Gasteiger partial charge is 0.506 e. The summed E-state index contributed by atoms with van der Waals surface area (Å²) in [7, 11) is 2.11. The highest BCUT2D eigenvalue weighted by molar-refractivity contribution is 6.32. The average Bonchev–Trinajstić information content (AvgIpc) is 2.41. The molecule has 0 unspecified atom stereocenters. The Morgan fingerprint density at radius 3 is 2.68 bits per heavy atom. The lowest BCUT2D eigenvalue weighted by molar-refractivity contribution is 0.294. The van der Waals surface area contributed by atoms with E-state index in [4.69, 9.17) is 11.6 Å². The first-order chi connectivity index (χ1) is 9.15. The summed E-state index contributed by atoms with van der Waals surface area (Å²) in [4.78, 5) is 2.29. The third kappa shape index (κ3) is 2.34. The Hall–Kier alpha value is -1.51. The summed E-state index contributed by atoms with van der Waals surface area (Å²) in [6.07, 6.45) is 0. The molecule has 98 valence electrons. The van der Waals surface area contributed by atoms with Gasteiger partial charge in [-0.15, -0.1) is 0 Å². The van der Waals surface area contributed by atoms with E-state index in [1.54, 1.807) is 0 Å². The van der Waals surface area contributed by atoms with Crippen LogP contribution in [0.1, 0.15) is 22.6 Å². The van der Waals surface area contributed by atoms with E-state index in [0.717, 1.165) is 13.1 Å². The van der Waals surface area contributed by atoms with E-state index < -0.39 is 0 Å². The molecule has 1 aliphatic rings. The van der Waals surface area contributed by atoms with E-state index in [-0.39, 0.29) is 11.7 Å². The Bertz CT molecular complexity index is 597. The molecule has 1 N–H and O–H groups in total. The van der Waals surface area contributed by atoms with Crippen molar-refractivity contribution in [1.82, 2.24) is 4.90 Å². The van der Waals surface area contributed by atoms with Crippen LogP contribution in [0.2, 0.25) is 5.02 Å². The second-order valence-corrected chi connectivity index (χ2v) is 5.57. The van der Waals surface area contributed by atoms with Crippen molar-refractivity contribution in [3.05, 3.63) is 64.2 Å². The Kier molecular flexibility index (Phi) is 3.21. The lowest BCUT2D eigenvalue weighted by Crippen LogP contribution is -2.30. The molecule has 0 aliphatic carbocycles. The molecule has 0 bridgehead atoms. The molecule has 3 rings (SSSR count). The molecule has 3 heteroatoms. The predicted molar refractivity (Wildman–Crippen MR) is 77.7 cm³/mol. The minimum atomic E-state index is 0.172. The first-order valence-corrected chi connectivity index (χ1v) is 6.77. The first-order valence-electron chi connectivity index (χ1n) is 6.40. The summed E-state index contributed by atoms with van der Waals surface area (Å²) in [6.45, 7) is 1.83. The van der Waals surface area contributed by atoms with Gasteiger partial charge in [-0.3, -0.25) is 0 Å². The van der Waals surface area contributed by atoms with Gasteiger partial charge in [0.1, 0.15) is 5.75 Å². The maximum atomic E-state index is 9.86. The molecule has 0 radical (unpaired) electrons. The van der Waals surface area contributed by atoms with Gasteiger partial charge in [0.2, 0.25) is 0 Å². The van der Waals surface area contributed by atoms with Crippen molar-refractivity contribution in [2.24, 2.45) is 0 Å². The molecule has 0 spiro atoms. The van der Waals surface area contributed by atoms with Crippen LogP contribution in [0.25, 0.3) is 0 Å². The highest BCUT2D eigenvalue weighted by atomic mass is 35.5. The zero-order valence-electron chi connectivity index (χ0n) is 10.8. The van der Waals surface area contributed by atoms with Crippen LogP contribution in [0.3, 0.4) is 0 Å². The minimum absolute atomic E-state index is 0.172. The number of aromatic hydroxyl groups is 1. The SMILES string of the molecule is CN1Cc2cc(Cl)c(O)cc2[C@H](c2ccccc2)C1. The van der Waals surface area contributed by atoms with Gasteiger partial charge in [0.15, 0.2) is 0 Å². The standard InChI is InChI=1S/C16H16ClNO/c1-18-9-12-7-15(17)16(19)8-13(12)14(10-18)11-5-3-2-4-6-11/h2-8,14,19H,9-10H2,1H3/t14-/m0/s1. The lowest BCUT2D eigenvalue weighted by atomic mass is 9.85. The molecule has 1 heterocycles. The van der Waals surface area contributed by atoms with Gasteiger partial charge in [-0.25, -0.2) is 0 Å². The first kappa shape index (κ1) is 12.5. The molecule has 0 saturated carbocycles. The lowest BCUT2D eigenvalue weighted by Gasteiger charge is -2.33. The second-order valence-electron chi connectivity index (χ2n) is 5.16.